The normalized spacial score (nSPS) is 14.8. The summed E-state index contributed by atoms with van der Waals surface area (Å²) in [6, 6.07) is 7.51. The highest BCUT2D eigenvalue weighted by molar-refractivity contribution is 5.94. The lowest BCUT2D eigenvalue weighted by Gasteiger charge is -2.35. The Morgan fingerprint density at radius 3 is 2.57 bits per heavy atom. The zero-order chi connectivity index (χ0) is 15.2. The first-order chi connectivity index (χ1) is 10.2. The van der Waals surface area contributed by atoms with Gasteiger partial charge in [0.25, 0.3) is 5.91 Å². The maximum absolute atomic E-state index is 11.7. The predicted octanol–water partition coefficient (Wildman–Crippen LogP) is 1.32. The topological polar surface area (TPSA) is 61.9 Å². The van der Waals surface area contributed by atoms with Gasteiger partial charge in [0.2, 0.25) is 0 Å². The van der Waals surface area contributed by atoms with Crippen LogP contribution in [-0.2, 0) is 4.74 Å². The average molecular weight is 291 g/mol. The van der Waals surface area contributed by atoms with Gasteiger partial charge in [-0.2, -0.15) is 0 Å². The van der Waals surface area contributed by atoms with Gasteiger partial charge in [-0.15, -0.1) is 0 Å². The largest absolute Gasteiger partial charge is 0.450 e. The highest BCUT2D eigenvalue weighted by Gasteiger charge is 2.22. The number of anilines is 1. The molecule has 1 N–H and O–H groups in total. The molecule has 1 aliphatic heterocycles. The molecule has 1 aromatic carbocycles. The summed E-state index contributed by atoms with van der Waals surface area (Å²) in [4.78, 5) is 27.2. The van der Waals surface area contributed by atoms with Gasteiger partial charge in [0.15, 0.2) is 0 Å². The Balaban J connectivity index is 1.99. The van der Waals surface area contributed by atoms with Crippen LogP contribution in [0.2, 0.25) is 0 Å². The van der Waals surface area contributed by atoms with E-state index in [2.05, 4.69) is 10.2 Å². The summed E-state index contributed by atoms with van der Waals surface area (Å²) in [5.41, 5.74) is 1.64. The van der Waals surface area contributed by atoms with Crippen LogP contribution in [0, 0.1) is 0 Å². The standard InChI is InChI=1S/C15H21N3O3/c1-3-21-15(20)18-9-7-17(8-10-18)13-6-4-5-12(11-13)14(19)16-2/h4-6,11H,3,7-10H2,1-2H3,(H,16,19). The van der Waals surface area contributed by atoms with Gasteiger partial charge in [-0.05, 0) is 25.1 Å². The van der Waals surface area contributed by atoms with Crippen LogP contribution in [0.15, 0.2) is 24.3 Å². The Morgan fingerprint density at radius 2 is 1.95 bits per heavy atom. The molecular weight excluding hydrogens is 270 g/mol. The second-order valence-electron chi connectivity index (χ2n) is 4.80. The van der Waals surface area contributed by atoms with Gasteiger partial charge >= 0.3 is 6.09 Å². The molecule has 6 nitrogen and oxygen atoms in total. The number of rotatable bonds is 3. The lowest BCUT2D eigenvalue weighted by molar-refractivity contribution is 0.0963. The highest BCUT2D eigenvalue weighted by Crippen LogP contribution is 2.18. The zero-order valence-electron chi connectivity index (χ0n) is 12.5. The molecule has 0 bridgehead atoms. The first-order valence-corrected chi connectivity index (χ1v) is 7.14. The fraction of sp³-hybridized carbons (Fsp3) is 0.467. The molecule has 1 aromatic rings. The maximum atomic E-state index is 11.7. The molecule has 2 rings (SSSR count). The van der Waals surface area contributed by atoms with Crippen molar-refractivity contribution >= 4 is 17.7 Å². The van der Waals surface area contributed by atoms with Crippen molar-refractivity contribution in [3.8, 4) is 0 Å². The Hall–Kier alpha value is -2.24. The first-order valence-electron chi connectivity index (χ1n) is 7.14. The van der Waals surface area contributed by atoms with Crippen LogP contribution in [0.3, 0.4) is 0 Å². The Morgan fingerprint density at radius 1 is 1.24 bits per heavy atom. The molecule has 0 radical (unpaired) electrons. The Kier molecular flexibility index (Phi) is 5.03. The summed E-state index contributed by atoms with van der Waals surface area (Å²) < 4.78 is 5.00. The van der Waals surface area contributed by atoms with Crippen molar-refractivity contribution in [1.82, 2.24) is 10.2 Å². The number of ether oxygens (including phenoxy) is 1. The van der Waals surface area contributed by atoms with Crippen LogP contribution in [0.5, 0.6) is 0 Å². The molecule has 1 fully saturated rings. The van der Waals surface area contributed by atoms with Gasteiger partial charge < -0.3 is 19.9 Å². The lowest BCUT2D eigenvalue weighted by atomic mass is 10.1. The fourth-order valence-electron chi connectivity index (χ4n) is 2.35. The Bertz CT molecular complexity index is 511. The van der Waals surface area contributed by atoms with Crippen LogP contribution < -0.4 is 10.2 Å². The van der Waals surface area contributed by atoms with Crippen LogP contribution in [-0.4, -0.2) is 56.7 Å². The molecule has 114 valence electrons. The van der Waals surface area contributed by atoms with E-state index < -0.39 is 0 Å². The number of carbonyl (C=O) groups is 2. The molecule has 1 heterocycles. The lowest BCUT2D eigenvalue weighted by Crippen LogP contribution is -2.49. The summed E-state index contributed by atoms with van der Waals surface area (Å²) >= 11 is 0. The SMILES string of the molecule is CCOC(=O)N1CCN(c2cccc(C(=O)NC)c2)CC1. The number of benzene rings is 1. The van der Waals surface area contributed by atoms with Crippen LogP contribution in [0.4, 0.5) is 10.5 Å². The molecule has 0 unspecified atom stereocenters. The highest BCUT2D eigenvalue weighted by atomic mass is 16.6. The minimum absolute atomic E-state index is 0.0954. The quantitative estimate of drug-likeness (QED) is 0.912. The number of carbonyl (C=O) groups excluding carboxylic acids is 2. The van der Waals surface area contributed by atoms with Crippen molar-refractivity contribution in [2.75, 3.05) is 44.7 Å². The summed E-state index contributed by atoms with van der Waals surface area (Å²) in [6.07, 6.45) is -0.253. The van der Waals surface area contributed by atoms with Gasteiger partial charge in [0.1, 0.15) is 0 Å². The van der Waals surface area contributed by atoms with Gasteiger partial charge in [0.05, 0.1) is 6.61 Å². The first kappa shape index (κ1) is 15.2. The minimum atomic E-state index is -0.253. The molecule has 21 heavy (non-hydrogen) atoms. The number of hydrogen-bond donors (Lipinski definition) is 1. The number of amides is 2. The van der Waals surface area contributed by atoms with Crippen molar-refractivity contribution < 1.29 is 14.3 Å². The van der Waals surface area contributed by atoms with E-state index in [1.165, 1.54) is 0 Å². The molecule has 0 atom stereocenters. The molecule has 6 heteroatoms. The molecular formula is C15H21N3O3. The Labute approximate surface area is 124 Å². The third kappa shape index (κ3) is 3.65. The second kappa shape index (κ2) is 6.97. The van der Waals surface area contributed by atoms with E-state index >= 15 is 0 Å². The van der Waals surface area contributed by atoms with Gasteiger partial charge in [0, 0.05) is 44.5 Å². The predicted molar refractivity (Wildman–Crippen MR) is 80.6 cm³/mol. The smallest absolute Gasteiger partial charge is 0.409 e. The van der Waals surface area contributed by atoms with Crippen LogP contribution >= 0.6 is 0 Å². The van der Waals surface area contributed by atoms with Crippen molar-refractivity contribution in [2.24, 2.45) is 0 Å². The third-order valence-corrected chi connectivity index (χ3v) is 3.51. The molecule has 2 amide bonds. The number of nitrogens with one attached hydrogen (secondary N) is 1. The van der Waals surface area contributed by atoms with E-state index in [1.54, 1.807) is 24.9 Å². The van der Waals surface area contributed by atoms with Gasteiger partial charge in [-0.1, -0.05) is 6.07 Å². The number of hydrogen-bond acceptors (Lipinski definition) is 4. The number of nitrogens with zero attached hydrogens (tertiary/aromatic N) is 2. The molecule has 1 aliphatic rings. The van der Waals surface area contributed by atoms with Crippen molar-refractivity contribution in [3.05, 3.63) is 29.8 Å². The average Bonchev–Trinajstić information content (AvgIpc) is 2.54. The summed E-state index contributed by atoms with van der Waals surface area (Å²) in [6.45, 7) is 4.92. The van der Waals surface area contributed by atoms with Crippen LogP contribution in [0.1, 0.15) is 17.3 Å². The van der Waals surface area contributed by atoms with E-state index in [0.29, 0.717) is 25.3 Å². The maximum Gasteiger partial charge on any atom is 0.409 e. The monoisotopic (exact) mass is 291 g/mol. The zero-order valence-corrected chi connectivity index (χ0v) is 12.5. The summed E-state index contributed by atoms with van der Waals surface area (Å²) in [5.74, 6) is -0.0954. The third-order valence-electron chi connectivity index (χ3n) is 3.51. The van der Waals surface area contributed by atoms with Gasteiger partial charge in [-0.3, -0.25) is 4.79 Å². The van der Waals surface area contributed by atoms with E-state index in [4.69, 9.17) is 4.74 Å². The minimum Gasteiger partial charge on any atom is -0.450 e. The molecule has 0 spiro atoms. The summed E-state index contributed by atoms with van der Waals surface area (Å²) in [5, 5.41) is 2.62. The second-order valence-corrected chi connectivity index (χ2v) is 4.80. The molecule has 0 aliphatic carbocycles. The molecule has 0 saturated carbocycles. The molecule has 0 aromatic heterocycles. The van der Waals surface area contributed by atoms with Crippen molar-refractivity contribution in [2.45, 2.75) is 6.92 Å². The van der Waals surface area contributed by atoms with E-state index in [1.807, 2.05) is 18.2 Å². The van der Waals surface area contributed by atoms with Crippen LogP contribution in [0.25, 0.3) is 0 Å². The summed E-state index contributed by atoms with van der Waals surface area (Å²) in [7, 11) is 1.62. The fourth-order valence-corrected chi connectivity index (χ4v) is 2.35. The molecule has 1 saturated heterocycles. The van der Waals surface area contributed by atoms with E-state index in [9.17, 15) is 9.59 Å². The van der Waals surface area contributed by atoms with E-state index in [-0.39, 0.29) is 12.0 Å². The van der Waals surface area contributed by atoms with Crippen molar-refractivity contribution in [1.29, 1.82) is 0 Å². The van der Waals surface area contributed by atoms with Gasteiger partial charge in [-0.25, -0.2) is 4.79 Å². The van der Waals surface area contributed by atoms with E-state index in [0.717, 1.165) is 18.8 Å². The van der Waals surface area contributed by atoms with Crippen molar-refractivity contribution in [3.63, 3.8) is 0 Å². The number of piperazine rings is 1.